The molecule has 27 heavy (non-hydrogen) atoms. The van der Waals surface area contributed by atoms with Gasteiger partial charge >= 0.3 is 0 Å². The minimum Gasteiger partial charge on any atom is -0.493 e. The van der Waals surface area contributed by atoms with Gasteiger partial charge in [0, 0.05) is 23.4 Å². The molecule has 2 aromatic carbocycles. The molecule has 0 aliphatic carbocycles. The first kappa shape index (κ1) is 16.4. The van der Waals surface area contributed by atoms with Crippen molar-refractivity contribution in [1.29, 1.82) is 0 Å². The third-order valence-electron chi connectivity index (χ3n) is 5.77. The summed E-state index contributed by atoms with van der Waals surface area (Å²) >= 11 is 0. The lowest BCUT2D eigenvalue weighted by molar-refractivity contribution is 0.171. The monoisotopic (exact) mass is 365 g/mol. The number of rotatable bonds is 2. The SMILES string of the molecule is COc1ccc2c(c1OC)[C@@H](C)N1CCc3cc4c(cc3C1=C2)OCCO4. The molecule has 140 valence electrons. The van der Waals surface area contributed by atoms with Gasteiger partial charge in [-0.15, -0.1) is 0 Å². The van der Waals surface area contributed by atoms with E-state index < -0.39 is 0 Å². The van der Waals surface area contributed by atoms with Crippen molar-refractivity contribution >= 4 is 11.8 Å². The number of hydrogen-bond donors (Lipinski definition) is 0. The van der Waals surface area contributed by atoms with E-state index in [1.54, 1.807) is 14.2 Å². The van der Waals surface area contributed by atoms with Crippen molar-refractivity contribution in [3.05, 3.63) is 46.5 Å². The molecule has 0 saturated carbocycles. The van der Waals surface area contributed by atoms with Gasteiger partial charge in [0.1, 0.15) is 13.2 Å². The van der Waals surface area contributed by atoms with Crippen LogP contribution in [0.15, 0.2) is 24.3 Å². The van der Waals surface area contributed by atoms with Crippen LogP contribution in [0, 0.1) is 0 Å². The number of hydrogen-bond acceptors (Lipinski definition) is 5. The van der Waals surface area contributed by atoms with Gasteiger partial charge in [0.15, 0.2) is 23.0 Å². The van der Waals surface area contributed by atoms with Crippen LogP contribution >= 0.6 is 0 Å². The van der Waals surface area contributed by atoms with Crippen LogP contribution in [-0.2, 0) is 6.42 Å². The summed E-state index contributed by atoms with van der Waals surface area (Å²) < 4.78 is 22.8. The summed E-state index contributed by atoms with van der Waals surface area (Å²) in [5.41, 5.74) is 6.15. The lowest BCUT2D eigenvalue weighted by Crippen LogP contribution is -2.34. The maximum atomic E-state index is 5.83. The van der Waals surface area contributed by atoms with Crippen molar-refractivity contribution in [1.82, 2.24) is 4.90 Å². The molecule has 0 bridgehead atoms. The Labute approximate surface area is 159 Å². The van der Waals surface area contributed by atoms with Crippen LogP contribution in [0.4, 0.5) is 0 Å². The van der Waals surface area contributed by atoms with Crippen LogP contribution in [0.3, 0.4) is 0 Å². The highest BCUT2D eigenvalue weighted by Gasteiger charge is 2.34. The Morgan fingerprint density at radius 2 is 1.81 bits per heavy atom. The number of fused-ring (bicyclic) bond motifs is 5. The predicted molar refractivity (Wildman–Crippen MR) is 104 cm³/mol. The zero-order valence-corrected chi connectivity index (χ0v) is 15.9. The van der Waals surface area contributed by atoms with E-state index in [4.69, 9.17) is 18.9 Å². The molecule has 3 heterocycles. The lowest BCUT2D eigenvalue weighted by Gasteiger charge is -2.42. The fraction of sp³-hybridized carbons (Fsp3) is 0.364. The Morgan fingerprint density at radius 1 is 1.04 bits per heavy atom. The first-order valence-electron chi connectivity index (χ1n) is 9.37. The Kier molecular flexibility index (Phi) is 3.71. The summed E-state index contributed by atoms with van der Waals surface area (Å²) in [6.07, 6.45) is 3.24. The Bertz CT molecular complexity index is 950. The number of methoxy groups -OCH3 is 2. The summed E-state index contributed by atoms with van der Waals surface area (Å²) in [4.78, 5) is 2.45. The third kappa shape index (κ3) is 2.37. The fourth-order valence-electron chi connectivity index (χ4n) is 4.48. The molecule has 5 nitrogen and oxygen atoms in total. The Morgan fingerprint density at radius 3 is 2.56 bits per heavy atom. The largest absolute Gasteiger partial charge is 0.493 e. The van der Waals surface area contributed by atoms with Crippen molar-refractivity contribution in [3.63, 3.8) is 0 Å². The first-order valence-corrected chi connectivity index (χ1v) is 9.37. The van der Waals surface area contributed by atoms with Gasteiger partial charge in [-0.1, -0.05) is 6.07 Å². The molecule has 0 N–H and O–H groups in total. The third-order valence-corrected chi connectivity index (χ3v) is 5.77. The molecular formula is C22H23NO4. The Hall–Kier alpha value is -2.82. The molecular weight excluding hydrogens is 342 g/mol. The summed E-state index contributed by atoms with van der Waals surface area (Å²) in [5.74, 6) is 3.31. The second kappa shape index (κ2) is 6.12. The molecule has 0 unspecified atom stereocenters. The number of nitrogens with zero attached hydrogens (tertiary/aromatic N) is 1. The average molecular weight is 365 g/mol. The summed E-state index contributed by atoms with van der Waals surface area (Å²) in [7, 11) is 3.39. The maximum absolute atomic E-state index is 5.83. The van der Waals surface area contributed by atoms with Crippen molar-refractivity contribution < 1.29 is 18.9 Å². The standard InChI is InChI=1S/C22H23NO4/c1-13-21-15(4-5-18(24-2)22(21)25-3)10-17-16-12-20-19(26-8-9-27-20)11-14(16)6-7-23(13)17/h4-5,10-13H,6-9H2,1-3H3/t13-/m1/s1. The highest BCUT2D eigenvalue weighted by molar-refractivity contribution is 5.87. The van der Waals surface area contributed by atoms with Crippen molar-refractivity contribution in [2.75, 3.05) is 34.0 Å². The molecule has 0 aromatic heterocycles. The van der Waals surface area contributed by atoms with Crippen LogP contribution in [0.25, 0.3) is 11.8 Å². The topological polar surface area (TPSA) is 40.2 Å². The Balaban J connectivity index is 1.68. The summed E-state index contributed by atoms with van der Waals surface area (Å²) in [5, 5.41) is 0. The van der Waals surface area contributed by atoms with E-state index in [0.717, 1.165) is 36.0 Å². The van der Waals surface area contributed by atoms with E-state index >= 15 is 0 Å². The highest BCUT2D eigenvalue weighted by atomic mass is 16.6. The van der Waals surface area contributed by atoms with Gasteiger partial charge in [-0.2, -0.15) is 0 Å². The van der Waals surface area contributed by atoms with Crippen LogP contribution in [0.5, 0.6) is 23.0 Å². The maximum Gasteiger partial charge on any atom is 0.166 e. The molecule has 5 rings (SSSR count). The van der Waals surface area contributed by atoms with Crippen LogP contribution < -0.4 is 18.9 Å². The molecule has 1 atom stereocenters. The summed E-state index contributed by atoms with van der Waals surface area (Å²) in [6, 6.07) is 8.58. The number of benzene rings is 2. The van der Waals surface area contributed by atoms with Crippen LogP contribution in [0.2, 0.25) is 0 Å². The first-order chi connectivity index (χ1) is 13.2. The fourth-order valence-corrected chi connectivity index (χ4v) is 4.48. The van der Waals surface area contributed by atoms with E-state index in [1.165, 1.54) is 28.0 Å². The van der Waals surface area contributed by atoms with Gasteiger partial charge in [-0.25, -0.2) is 0 Å². The molecule has 0 spiro atoms. The quantitative estimate of drug-likeness (QED) is 0.807. The second-order valence-corrected chi connectivity index (χ2v) is 7.11. The van der Waals surface area contributed by atoms with E-state index in [0.29, 0.717) is 13.2 Å². The zero-order chi connectivity index (χ0) is 18.5. The van der Waals surface area contributed by atoms with Gasteiger partial charge < -0.3 is 23.8 Å². The molecule has 2 aromatic rings. The lowest BCUT2D eigenvalue weighted by atomic mass is 9.86. The van der Waals surface area contributed by atoms with E-state index in [1.807, 2.05) is 6.07 Å². The van der Waals surface area contributed by atoms with Gasteiger partial charge in [-0.05, 0) is 48.7 Å². The molecule has 5 heteroatoms. The molecule has 3 aliphatic heterocycles. The van der Waals surface area contributed by atoms with E-state index in [-0.39, 0.29) is 6.04 Å². The minimum absolute atomic E-state index is 0.200. The summed E-state index contributed by atoms with van der Waals surface area (Å²) in [6.45, 7) is 4.41. The van der Waals surface area contributed by atoms with Crippen LogP contribution in [-0.4, -0.2) is 38.9 Å². The zero-order valence-electron chi connectivity index (χ0n) is 15.9. The minimum atomic E-state index is 0.200. The van der Waals surface area contributed by atoms with E-state index in [2.05, 4.69) is 36.1 Å². The van der Waals surface area contributed by atoms with Gasteiger partial charge in [0.25, 0.3) is 0 Å². The van der Waals surface area contributed by atoms with Crippen molar-refractivity contribution in [2.45, 2.75) is 19.4 Å². The van der Waals surface area contributed by atoms with E-state index in [9.17, 15) is 0 Å². The molecule has 3 aliphatic rings. The predicted octanol–water partition coefficient (Wildman–Crippen LogP) is 3.91. The molecule has 0 radical (unpaired) electrons. The van der Waals surface area contributed by atoms with Crippen molar-refractivity contribution in [2.24, 2.45) is 0 Å². The highest BCUT2D eigenvalue weighted by Crippen LogP contribution is 2.49. The normalized spacial score (nSPS) is 19.4. The van der Waals surface area contributed by atoms with Gasteiger partial charge in [0.05, 0.1) is 20.3 Å². The van der Waals surface area contributed by atoms with Crippen molar-refractivity contribution in [3.8, 4) is 23.0 Å². The number of ether oxygens (including phenoxy) is 4. The molecule has 0 amide bonds. The smallest absolute Gasteiger partial charge is 0.166 e. The second-order valence-electron chi connectivity index (χ2n) is 7.11. The average Bonchev–Trinajstić information content (AvgIpc) is 2.71. The molecule has 0 fully saturated rings. The van der Waals surface area contributed by atoms with Gasteiger partial charge in [0.2, 0.25) is 0 Å². The van der Waals surface area contributed by atoms with Gasteiger partial charge in [-0.3, -0.25) is 0 Å². The molecule has 0 saturated heterocycles. The van der Waals surface area contributed by atoms with Crippen LogP contribution in [0.1, 0.15) is 35.2 Å².